The number of anilines is 1. The highest BCUT2D eigenvalue weighted by atomic mass is 79.9. The first kappa shape index (κ1) is 16.2. The van der Waals surface area contributed by atoms with Crippen LogP contribution in [0.3, 0.4) is 0 Å². The zero-order valence-corrected chi connectivity index (χ0v) is 14.0. The number of fused-ring (bicyclic) bond motifs is 1. The van der Waals surface area contributed by atoms with Crippen molar-refractivity contribution in [3.8, 4) is 5.75 Å². The molecule has 0 aliphatic carbocycles. The van der Waals surface area contributed by atoms with Crippen LogP contribution in [0.5, 0.6) is 5.75 Å². The first-order valence-corrected chi connectivity index (χ1v) is 7.85. The lowest BCUT2D eigenvalue weighted by atomic mass is 10.1. The summed E-state index contributed by atoms with van der Waals surface area (Å²) in [7, 11) is 0. The van der Waals surface area contributed by atoms with E-state index in [0.717, 1.165) is 4.47 Å². The minimum Gasteiger partial charge on any atom is -0.482 e. The van der Waals surface area contributed by atoms with Crippen LogP contribution in [0.15, 0.2) is 46.9 Å². The molecule has 0 radical (unpaired) electrons. The number of benzene rings is 2. The number of halogens is 1. The maximum absolute atomic E-state index is 12.1. The number of rotatable bonds is 4. The number of Topliss-reactive ketones (excluding diaryl/α,β-unsaturated/α-hetero) is 1. The third-order valence-electron chi connectivity index (χ3n) is 3.35. The second-order valence-corrected chi connectivity index (χ2v) is 5.97. The number of hydrogen-bond donors (Lipinski definition) is 1. The molecule has 1 N–H and O–H groups in total. The monoisotopic (exact) mass is 389 g/mol. The van der Waals surface area contributed by atoms with Crippen LogP contribution < -0.4 is 10.1 Å². The number of carbonyl (C=O) groups is 3. The number of esters is 1. The van der Waals surface area contributed by atoms with Crippen molar-refractivity contribution in [1.29, 1.82) is 0 Å². The van der Waals surface area contributed by atoms with E-state index in [4.69, 9.17) is 9.47 Å². The van der Waals surface area contributed by atoms with Crippen LogP contribution in [-0.4, -0.2) is 30.9 Å². The van der Waals surface area contributed by atoms with E-state index in [1.807, 2.05) is 0 Å². The molecule has 2 aromatic rings. The van der Waals surface area contributed by atoms with Gasteiger partial charge in [0.25, 0.3) is 5.91 Å². The molecular formula is C17H12BrNO5. The smallest absolute Gasteiger partial charge is 0.338 e. The van der Waals surface area contributed by atoms with E-state index in [2.05, 4.69) is 21.2 Å². The molecule has 3 rings (SSSR count). The van der Waals surface area contributed by atoms with E-state index >= 15 is 0 Å². The number of nitrogens with one attached hydrogen (secondary N) is 1. The standard InChI is InChI=1S/C17H12BrNO5/c18-12-4-1-10(2-5-12)14(20)8-24-17(22)11-3-6-15-13(7-11)19-16(21)9-23-15/h1-7H,8-9H2,(H,19,21). The highest BCUT2D eigenvalue weighted by Crippen LogP contribution is 2.28. The van der Waals surface area contributed by atoms with Crippen molar-refractivity contribution in [3.05, 3.63) is 58.1 Å². The Bertz CT molecular complexity index is 816. The van der Waals surface area contributed by atoms with E-state index < -0.39 is 5.97 Å². The molecule has 0 aromatic heterocycles. The first-order chi connectivity index (χ1) is 11.5. The Labute approximate surface area is 145 Å². The van der Waals surface area contributed by atoms with Gasteiger partial charge in [0, 0.05) is 10.0 Å². The van der Waals surface area contributed by atoms with Gasteiger partial charge in [-0.15, -0.1) is 0 Å². The molecule has 0 saturated carbocycles. The van der Waals surface area contributed by atoms with Gasteiger partial charge in [-0.1, -0.05) is 28.1 Å². The van der Waals surface area contributed by atoms with E-state index in [1.165, 1.54) is 12.1 Å². The van der Waals surface area contributed by atoms with E-state index in [0.29, 0.717) is 17.0 Å². The first-order valence-electron chi connectivity index (χ1n) is 7.05. The van der Waals surface area contributed by atoms with Crippen molar-refractivity contribution < 1.29 is 23.9 Å². The summed E-state index contributed by atoms with van der Waals surface area (Å²) in [6, 6.07) is 11.3. The van der Waals surface area contributed by atoms with Crippen LogP contribution >= 0.6 is 15.9 Å². The zero-order chi connectivity index (χ0) is 17.1. The van der Waals surface area contributed by atoms with Crippen LogP contribution in [0.25, 0.3) is 0 Å². The van der Waals surface area contributed by atoms with Crippen LogP contribution in [0.4, 0.5) is 5.69 Å². The Hall–Kier alpha value is -2.67. The quantitative estimate of drug-likeness (QED) is 0.642. The molecule has 7 heteroatoms. The normalized spacial score (nSPS) is 12.6. The number of ketones is 1. The lowest BCUT2D eigenvalue weighted by Crippen LogP contribution is -2.25. The van der Waals surface area contributed by atoms with Gasteiger partial charge in [-0.05, 0) is 30.3 Å². The molecule has 0 bridgehead atoms. The summed E-state index contributed by atoms with van der Waals surface area (Å²) < 4.78 is 11.1. The SMILES string of the molecule is O=C1COc2ccc(C(=O)OCC(=O)c3ccc(Br)cc3)cc2N1. The molecule has 1 aliphatic rings. The van der Waals surface area contributed by atoms with Crippen LogP contribution in [0.2, 0.25) is 0 Å². The molecule has 0 unspecified atom stereocenters. The van der Waals surface area contributed by atoms with Crippen molar-refractivity contribution in [2.45, 2.75) is 0 Å². The van der Waals surface area contributed by atoms with Crippen molar-refractivity contribution in [3.63, 3.8) is 0 Å². The predicted octanol–water partition coefficient (Wildman–Crippen LogP) is 2.82. The Kier molecular flexibility index (Phi) is 4.61. The molecule has 1 aliphatic heterocycles. The van der Waals surface area contributed by atoms with Crippen LogP contribution in [-0.2, 0) is 9.53 Å². The summed E-state index contributed by atoms with van der Waals surface area (Å²) >= 11 is 3.28. The third kappa shape index (κ3) is 3.62. The minimum atomic E-state index is -0.650. The molecule has 122 valence electrons. The topological polar surface area (TPSA) is 81.7 Å². The minimum absolute atomic E-state index is 0.0571. The lowest BCUT2D eigenvalue weighted by molar-refractivity contribution is -0.118. The zero-order valence-electron chi connectivity index (χ0n) is 12.4. The van der Waals surface area contributed by atoms with Gasteiger partial charge in [-0.25, -0.2) is 4.79 Å². The van der Waals surface area contributed by atoms with Crippen LogP contribution in [0.1, 0.15) is 20.7 Å². The van der Waals surface area contributed by atoms with Gasteiger partial charge in [0.1, 0.15) is 5.75 Å². The average Bonchev–Trinajstić information content (AvgIpc) is 2.59. The van der Waals surface area contributed by atoms with Gasteiger partial charge in [-0.2, -0.15) is 0 Å². The molecule has 0 atom stereocenters. The maximum Gasteiger partial charge on any atom is 0.338 e. The van der Waals surface area contributed by atoms with Crippen molar-refractivity contribution in [1.82, 2.24) is 0 Å². The van der Waals surface area contributed by atoms with Crippen molar-refractivity contribution in [2.24, 2.45) is 0 Å². The molecule has 6 nitrogen and oxygen atoms in total. The number of ether oxygens (including phenoxy) is 2. The summed E-state index contributed by atoms with van der Waals surface area (Å²) in [5.74, 6) is -0.760. The molecular weight excluding hydrogens is 378 g/mol. The van der Waals surface area contributed by atoms with Gasteiger partial charge in [0.15, 0.2) is 19.0 Å². The summed E-state index contributed by atoms with van der Waals surface area (Å²) in [6.07, 6.45) is 0. The highest BCUT2D eigenvalue weighted by Gasteiger charge is 2.19. The molecule has 0 spiro atoms. The van der Waals surface area contributed by atoms with E-state index in [-0.39, 0.29) is 30.5 Å². The largest absolute Gasteiger partial charge is 0.482 e. The summed E-state index contributed by atoms with van der Waals surface area (Å²) in [5.41, 5.74) is 1.08. The lowest BCUT2D eigenvalue weighted by Gasteiger charge is -2.18. The number of hydrogen-bond acceptors (Lipinski definition) is 5. The Morgan fingerprint density at radius 2 is 1.83 bits per heavy atom. The molecule has 24 heavy (non-hydrogen) atoms. The number of carbonyl (C=O) groups excluding carboxylic acids is 3. The summed E-state index contributed by atoms with van der Waals surface area (Å²) in [5, 5.41) is 2.61. The third-order valence-corrected chi connectivity index (χ3v) is 3.88. The molecule has 1 heterocycles. The molecule has 1 amide bonds. The summed E-state index contributed by atoms with van der Waals surface area (Å²) in [4.78, 5) is 35.4. The van der Waals surface area contributed by atoms with E-state index in [1.54, 1.807) is 30.3 Å². The predicted molar refractivity (Wildman–Crippen MR) is 89.3 cm³/mol. The fourth-order valence-corrected chi connectivity index (χ4v) is 2.41. The van der Waals surface area contributed by atoms with Crippen molar-refractivity contribution >= 4 is 39.3 Å². The highest BCUT2D eigenvalue weighted by molar-refractivity contribution is 9.10. The second kappa shape index (κ2) is 6.84. The van der Waals surface area contributed by atoms with Crippen LogP contribution in [0, 0.1) is 0 Å². The van der Waals surface area contributed by atoms with Gasteiger partial charge < -0.3 is 14.8 Å². The second-order valence-electron chi connectivity index (χ2n) is 5.05. The Morgan fingerprint density at radius 1 is 1.12 bits per heavy atom. The van der Waals surface area contributed by atoms with Gasteiger partial charge >= 0.3 is 5.97 Å². The van der Waals surface area contributed by atoms with E-state index in [9.17, 15) is 14.4 Å². The number of amides is 1. The fraction of sp³-hybridized carbons (Fsp3) is 0.118. The Balaban J connectivity index is 1.65. The molecule has 0 saturated heterocycles. The van der Waals surface area contributed by atoms with Crippen molar-refractivity contribution in [2.75, 3.05) is 18.5 Å². The average molecular weight is 390 g/mol. The Morgan fingerprint density at radius 3 is 2.58 bits per heavy atom. The molecule has 0 fully saturated rings. The van der Waals surface area contributed by atoms with Gasteiger partial charge in [-0.3, -0.25) is 9.59 Å². The molecule has 2 aromatic carbocycles. The maximum atomic E-state index is 12.1. The van der Waals surface area contributed by atoms with Gasteiger partial charge in [0.2, 0.25) is 0 Å². The summed E-state index contributed by atoms with van der Waals surface area (Å²) in [6.45, 7) is -0.418. The van der Waals surface area contributed by atoms with Gasteiger partial charge in [0.05, 0.1) is 11.3 Å². The fourth-order valence-electron chi connectivity index (χ4n) is 2.14.